The maximum Gasteiger partial charge on any atom is 0.316 e. The lowest BCUT2D eigenvalue weighted by molar-refractivity contribution is 0.216. The number of hydrogen-bond donors (Lipinski definition) is 2. The lowest BCUT2D eigenvalue weighted by atomic mass is 9.84. The molecule has 1 aliphatic rings. The highest BCUT2D eigenvalue weighted by atomic mass is 16.2. The number of hydrogen-bond acceptors (Lipinski definition) is 2. The van der Waals surface area contributed by atoms with E-state index in [0.29, 0.717) is 12.6 Å². The summed E-state index contributed by atoms with van der Waals surface area (Å²) < 4.78 is 0. The van der Waals surface area contributed by atoms with E-state index in [4.69, 9.17) is 0 Å². The van der Waals surface area contributed by atoms with Crippen LogP contribution in [0.25, 0.3) is 0 Å². The molecule has 17 heavy (non-hydrogen) atoms. The summed E-state index contributed by atoms with van der Waals surface area (Å²) in [7, 11) is 3.52. The molecule has 0 aromatic carbocycles. The Morgan fingerprint density at radius 2 is 2.06 bits per heavy atom. The van der Waals surface area contributed by atoms with Crippen molar-refractivity contribution in [2.45, 2.75) is 45.1 Å². The minimum atomic E-state index is -0.0121. The van der Waals surface area contributed by atoms with Gasteiger partial charge in [0.15, 0.2) is 0 Å². The first-order valence-electron chi connectivity index (χ1n) is 6.82. The molecule has 0 aromatic rings. The molecule has 1 aliphatic carbocycles. The van der Waals surface area contributed by atoms with Gasteiger partial charge < -0.3 is 15.5 Å². The van der Waals surface area contributed by atoms with Crippen molar-refractivity contribution in [3.05, 3.63) is 0 Å². The molecule has 4 heteroatoms. The van der Waals surface area contributed by atoms with Crippen molar-refractivity contribution in [3.8, 4) is 0 Å². The van der Waals surface area contributed by atoms with Crippen molar-refractivity contribution in [2.75, 3.05) is 27.2 Å². The molecule has 0 aliphatic heterocycles. The van der Waals surface area contributed by atoms with Gasteiger partial charge in [0.05, 0.1) is 0 Å². The van der Waals surface area contributed by atoms with Crippen LogP contribution in [0.5, 0.6) is 0 Å². The van der Waals surface area contributed by atoms with Crippen LogP contribution in [0.3, 0.4) is 0 Å². The minimum absolute atomic E-state index is 0.0121. The molecule has 0 aromatic heterocycles. The van der Waals surface area contributed by atoms with Gasteiger partial charge in [-0.05, 0) is 18.8 Å². The standard InChI is InChI=1S/C13H27N3O/c1-4-11-6-5-7-12(10-11)14-8-9-15-13(17)16(2)3/h11-12,14H,4-10H2,1-3H3,(H,15,17). The third-order valence-corrected chi connectivity index (χ3v) is 3.60. The fourth-order valence-corrected chi connectivity index (χ4v) is 2.45. The van der Waals surface area contributed by atoms with E-state index >= 15 is 0 Å². The van der Waals surface area contributed by atoms with Crippen LogP contribution >= 0.6 is 0 Å². The minimum Gasteiger partial charge on any atom is -0.337 e. The first-order valence-corrected chi connectivity index (χ1v) is 6.82. The van der Waals surface area contributed by atoms with Crippen LogP contribution in [-0.2, 0) is 0 Å². The maximum absolute atomic E-state index is 11.3. The van der Waals surface area contributed by atoms with Crippen molar-refractivity contribution in [3.63, 3.8) is 0 Å². The molecule has 0 bridgehead atoms. The predicted molar refractivity (Wildman–Crippen MR) is 71.1 cm³/mol. The van der Waals surface area contributed by atoms with E-state index in [0.717, 1.165) is 12.5 Å². The third kappa shape index (κ3) is 5.39. The molecule has 2 unspecified atom stereocenters. The fraction of sp³-hybridized carbons (Fsp3) is 0.923. The van der Waals surface area contributed by atoms with Gasteiger partial charge in [0, 0.05) is 33.2 Å². The quantitative estimate of drug-likeness (QED) is 0.721. The number of carbonyl (C=O) groups is 1. The Kier molecular flexibility index (Phi) is 6.34. The molecular formula is C13H27N3O. The van der Waals surface area contributed by atoms with Crippen molar-refractivity contribution >= 4 is 6.03 Å². The van der Waals surface area contributed by atoms with Crippen LogP contribution in [-0.4, -0.2) is 44.2 Å². The van der Waals surface area contributed by atoms with Crippen molar-refractivity contribution in [1.82, 2.24) is 15.5 Å². The lowest BCUT2D eigenvalue weighted by Gasteiger charge is -2.29. The van der Waals surface area contributed by atoms with E-state index in [-0.39, 0.29) is 6.03 Å². The molecule has 0 radical (unpaired) electrons. The van der Waals surface area contributed by atoms with E-state index in [1.807, 2.05) is 0 Å². The Labute approximate surface area is 105 Å². The fourth-order valence-electron chi connectivity index (χ4n) is 2.45. The van der Waals surface area contributed by atoms with Gasteiger partial charge in [0.1, 0.15) is 0 Å². The zero-order valence-corrected chi connectivity index (χ0v) is 11.5. The van der Waals surface area contributed by atoms with Gasteiger partial charge in [-0.25, -0.2) is 4.79 Å². The third-order valence-electron chi connectivity index (χ3n) is 3.60. The van der Waals surface area contributed by atoms with Gasteiger partial charge in [-0.3, -0.25) is 0 Å². The highest BCUT2D eigenvalue weighted by molar-refractivity contribution is 5.73. The Balaban J connectivity index is 2.08. The number of urea groups is 1. The molecule has 4 nitrogen and oxygen atoms in total. The van der Waals surface area contributed by atoms with Crippen molar-refractivity contribution in [2.24, 2.45) is 5.92 Å². The van der Waals surface area contributed by atoms with E-state index in [1.54, 1.807) is 19.0 Å². The van der Waals surface area contributed by atoms with Crippen LogP contribution in [0, 0.1) is 5.92 Å². The zero-order chi connectivity index (χ0) is 12.7. The molecule has 1 rings (SSSR count). The van der Waals surface area contributed by atoms with Gasteiger partial charge in [-0.1, -0.05) is 26.2 Å². The second kappa shape index (κ2) is 7.54. The van der Waals surface area contributed by atoms with E-state index in [1.165, 1.54) is 32.1 Å². The van der Waals surface area contributed by atoms with E-state index < -0.39 is 0 Å². The highest BCUT2D eigenvalue weighted by Crippen LogP contribution is 2.26. The average Bonchev–Trinajstić information content (AvgIpc) is 2.34. The molecule has 1 saturated carbocycles. The van der Waals surface area contributed by atoms with E-state index in [9.17, 15) is 4.79 Å². The molecule has 1 fully saturated rings. The molecule has 0 saturated heterocycles. The summed E-state index contributed by atoms with van der Waals surface area (Å²) >= 11 is 0. The predicted octanol–water partition coefficient (Wildman–Crippen LogP) is 1.82. The molecule has 0 spiro atoms. The summed E-state index contributed by atoms with van der Waals surface area (Å²) in [4.78, 5) is 12.8. The van der Waals surface area contributed by atoms with Crippen molar-refractivity contribution < 1.29 is 4.79 Å². The molecule has 100 valence electrons. The number of carbonyl (C=O) groups excluding carboxylic acids is 1. The summed E-state index contributed by atoms with van der Waals surface area (Å²) in [6.45, 7) is 3.87. The summed E-state index contributed by atoms with van der Waals surface area (Å²) in [5.41, 5.74) is 0. The van der Waals surface area contributed by atoms with Crippen LogP contribution in [0.1, 0.15) is 39.0 Å². The molecule has 2 atom stereocenters. The monoisotopic (exact) mass is 241 g/mol. The summed E-state index contributed by atoms with van der Waals surface area (Å²) in [5.74, 6) is 0.901. The van der Waals surface area contributed by atoms with Crippen LogP contribution in [0.4, 0.5) is 4.79 Å². The zero-order valence-electron chi connectivity index (χ0n) is 11.5. The number of nitrogens with one attached hydrogen (secondary N) is 2. The molecule has 2 amide bonds. The Morgan fingerprint density at radius 1 is 1.29 bits per heavy atom. The highest BCUT2D eigenvalue weighted by Gasteiger charge is 2.19. The molecular weight excluding hydrogens is 214 g/mol. The molecule has 0 heterocycles. The van der Waals surface area contributed by atoms with Gasteiger partial charge in [-0.15, -0.1) is 0 Å². The van der Waals surface area contributed by atoms with E-state index in [2.05, 4.69) is 17.6 Å². The first kappa shape index (κ1) is 14.3. The van der Waals surface area contributed by atoms with Gasteiger partial charge in [-0.2, -0.15) is 0 Å². The summed E-state index contributed by atoms with van der Waals surface area (Å²) in [6.07, 6.45) is 6.64. The number of amides is 2. The Hall–Kier alpha value is -0.770. The number of rotatable bonds is 5. The largest absolute Gasteiger partial charge is 0.337 e. The second-order valence-corrected chi connectivity index (χ2v) is 5.22. The number of nitrogens with zero attached hydrogens (tertiary/aromatic N) is 1. The summed E-state index contributed by atoms with van der Waals surface area (Å²) in [6, 6.07) is 0.645. The average molecular weight is 241 g/mol. The van der Waals surface area contributed by atoms with Crippen molar-refractivity contribution in [1.29, 1.82) is 0 Å². The second-order valence-electron chi connectivity index (χ2n) is 5.22. The maximum atomic E-state index is 11.3. The smallest absolute Gasteiger partial charge is 0.316 e. The Bertz CT molecular complexity index is 231. The van der Waals surface area contributed by atoms with Gasteiger partial charge >= 0.3 is 6.03 Å². The van der Waals surface area contributed by atoms with Gasteiger partial charge in [0.2, 0.25) is 0 Å². The summed E-state index contributed by atoms with van der Waals surface area (Å²) in [5, 5.41) is 6.42. The molecule has 2 N–H and O–H groups in total. The Morgan fingerprint density at radius 3 is 2.71 bits per heavy atom. The van der Waals surface area contributed by atoms with Gasteiger partial charge in [0.25, 0.3) is 0 Å². The SMILES string of the molecule is CCC1CCCC(NCCNC(=O)N(C)C)C1. The first-order chi connectivity index (χ1) is 8.13. The van der Waals surface area contributed by atoms with Crippen LogP contribution in [0.15, 0.2) is 0 Å². The van der Waals surface area contributed by atoms with Crippen LogP contribution in [0.2, 0.25) is 0 Å². The topological polar surface area (TPSA) is 44.4 Å². The lowest BCUT2D eigenvalue weighted by Crippen LogP contribution is -2.42. The van der Waals surface area contributed by atoms with Crippen LogP contribution < -0.4 is 10.6 Å². The normalized spacial score (nSPS) is 24.4.